The van der Waals surface area contributed by atoms with Crippen molar-refractivity contribution in [1.29, 1.82) is 0 Å². The van der Waals surface area contributed by atoms with E-state index in [9.17, 15) is 4.79 Å². The van der Waals surface area contributed by atoms with Crippen molar-refractivity contribution in [2.45, 2.75) is 55.7 Å². The second-order valence-corrected chi connectivity index (χ2v) is 7.43. The van der Waals surface area contributed by atoms with Crippen molar-refractivity contribution < 1.29 is 9.53 Å². The van der Waals surface area contributed by atoms with E-state index in [1.807, 2.05) is 6.92 Å². The molecule has 1 aliphatic carbocycles. The average molecular weight is 342 g/mol. The van der Waals surface area contributed by atoms with E-state index in [-0.39, 0.29) is 5.97 Å². The monoisotopic (exact) mass is 342 g/mol. The summed E-state index contributed by atoms with van der Waals surface area (Å²) < 4.78 is 7.40. The third-order valence-electron chi connectivity index (χ3n) is 4.91. The Balaban J connectivity index is 1.86. The number of thioether (sulfide) groups is 1. The first-order valence-corrected chi connectivity index (χ1v) is 9.79. The Morgan fingerprint density at radius 1 is 1.29 bits per heavy atom. The van der Waals surface area contributed by atoms with Crippen molar-refractivity contribution >= 4 is 17.7 Å². The summed E-state index contributed by atoms with van der Waals surface area (Å²) in [5, 5.41) is 4.76. The van der Waals surface area contributed by atoms with Gasteiger partial charge >= 0.3 is 5.97 Å². The molecule has 2 heterocycles. The minimum atomic E-state index is -0.289. The Hall–Kier alpha value is -1.75. The minimum Gasteiger partial charge on any atom is -0.461 e. The van der Waals surface area contributed by atoms with Gasteiger partial charge in [-0.2, -0.15) is 5.10 Å². The fourth-order valence-electron chi connectivity index (χ4n) is 3.78. The predicted molar refractivity (Wildman–Crippen MR) is 95.3 cm³/mol. The predicted octanol–water partition coefficient (Wildman–Crippen LogP) is 4.84. The summed E-state index contributed by atoms with van der Waals surface area (Å²) in [6.07, 6.45) is 6.07. The molecule has 1 aliphatic heterocycles. The number of carbonyl (C=O) groups excluding carboxylic acids is 1. The maximum absolute atomic E-state index is 12.4. The van der Waals surface area contributed by atoms with Crippen LogP contribution in [-0.4, -0.2) is 22.4 Å². The van der Waals surface area contributed by atoms with Crippen molar-refractivity contribution in [2.75, 3.05) is 6.61 Å². The van der Waals surface area contributed by atoms with Crippen molar-refractivity contribution in [3.8, 4) is 11.3 Å². The summed E-state index contributed by atoms with van der Waals surface area (Å²) >= 11 is 1.78. The zero-order valence-corrected chi connectivity index (χ0v) is 14.8. The summed E-state index contributed by atoms with van der Waals surface area (Å²) in [5.41, 5.74) is 3.90. The van der Waals surface area contributed by atoms with Crippen LogP contribution < -0.4 is 0 Å². The second kappa shape index (κ2) is 6.63. The first-order chi connectivity index (χ1) is 11.8. The van der Waals surface area contributed by atoms with Gasteiger partial charge in [0.1, 0.15) is 0 Å². The molecule has 1 aromatic carbocycles. The lowest BCUT2D eigenvalue weighted by Gasteiger charge is -2.26. The number of rotatable bonds is 3. The lowest BCUT2D eigenvalue weighted by molar-refractivity contribution is 0.0517. The van der Waals surface area contributed by atoms with E-state index < -0.39 is 0 Å². The molecule has 5 heteroatoms. The van der Waals surface area contributed by atoms with Crippen LogP contribution >= 0.6 is 11.8 Å². The zero-order valence-electron chi connectivity index (χ0n) is 14.0. The Morgan fingerprint density at radius 3 is 2.88 bits per heavy atom. The Kier molecular flexibility index (Phi) is 4.35. The van der Waals surface area contributed by atoms with Crippen LogP contribution in [0.4, 0.5) is 0 Å². The van der Waals surface area contributed by atoms with E-state index in [0.717, 1.165) is 29.9 Å². The minimum absolute atomic E-state index is 0.289. The number of fused-ring (bicyclic) bond motifs is 3. The molecule has 4 rings (SSSR count). The molecular weight excluding hydrogens is 320 g/mol. The van der Waals surface area contributed by atoms with E-state index in [1.54, 1.807) is 11.8 Å². The van der Waals surface area contributed by atoms with Crippen LogP contribution in [0.1, 0.15) is 61.1 Å². The molecule has 0 atom stereocenters. The smallest absolute Gasteiger partial charge is 0.359 e. The summed E-state index contributed by atoms with van der Waals surface area (Å²) in [5.74, 6) is 0.496. The highest BCUT2D eigenvalue weighted by Gasteiger charge is 2.32. The van der Waals surface area contributed by atoms with Crippen LogP contribution in [0.15, 0.2) is 29.2 Å². The molecular formula is C19H22N2O2S. The molecule has 0 N–H and O–H groups in total. The van der Waals surface area contributed by atoms with Gasteiger partial charge in [-0.1, -0.05) is 37.5 Å². The van der Waals surface area contributed by atoms with Crippen LogP contribution in [0.3, 0.4) is 0 Å². The van der Waals surface area contributed by atoms with Gasteiger partial charge in [0.05, 0.1) is 18.3 Å². The summed E-state index contributed by atoms with van der Waals surface area (Å²) in [4.78, 5) is 13.7. The number of hydrogen-bond donors (Lipinski definition) is 0. The number of esters is 1. The molecule has 0 spiro atoms. The van der Waals surface area contributed by atoms with E-state index in [0.29, 0.717) is 18.3 Å². The number of ether oxygens (including phenoxy) is 1. The van der Waals surface area contributed by atoms with Gasteiger partial charge in [-0.3, -0.25) is 4.68 Å². The number of hydrogen-bond acceptors (Lipinski definition) is 4. The molecule has 24 heavy (non-hydrogen) atoms. The molecule has 0 unspecified atom stereocenters. The standard InChI is InChI=1S/C19H22N2O2S/c1-2-23-19(22)17-15-12-24-16-11-7-6-10-14(16)18(15)21(20-17)13-8-4-3-5-9-13/h6-7,10-11,13H,2-5,8-9,12H2,1H3. The number of carbonyl (C=O) groups is 1. The quantitative estimate of drug-likeness (QED) is 0.749. The molecule has 1 saturated carbocycles. The van der Waals surface area contributed by atoms with Crippen molar-refractivity contribution in [2.24, 2.45) is 0 Å². The van der Waals surface area contributed by atoms with Crippen LogP contribution in [0.5, 0.6) is 0 Å². The third kappa shape index (κ3) is 2.65. The van der Waals surface area contributed by atoms with E-state index in [1.165, 1.54) is 29.7 Å². The van der Waals surface area contributed by atoms with Gasteiger partial charge in [-0.15, -0.1) is 11.8 Å². The van der Waals surface area contributed by atoms with Crippen molar-refractivity contribution in [3.05, 3.63) is 35.5 Å². The zero-order chi connectivity index (χ0) is 16.5. The van der Waals surface area contributed by atoms with E-state index in [4.69, 9.17) is 9.84 Å². The maximum atomic E-state index is 12.4. The fourth-order valence-corrected chi connectivity index (χ4v) is 4.85. The SMILES string of the molecule is CCOC(=O)c1nn(C2CCCCC2)c2c1CSc1ccccc1-2. The molecule has 0 bridgehead atoms. The summed E-state index contributed by atoms with van der Waals surface area (Å²) in [6.45, 7) is 2.22. The third-order valence-corrected chi connectivity index (χ3v) is 6.01. The van der Waals surface area contributed by atoms with Crippen LogP contribution in [-0.2, 0) is 10.5 Å². The Labute approximate surface area is 146 Å². The molecule has 1 fully saturated rings. The van der Waals surface area contributed by atoms with Gasteiger partial charge < -0.3 is 4.74 Å². The van der Waals surface area contributed by atoms with Crippen LogP contribution in [0, 0.1) is 0 Å². The lowest BCUT2D eigenvalue weighted by atomic mass is 9.95. The number of nitrogens with zero attached hydrogens (tertiary/aromatic N) is 2. The molecule has 4 nitrogen and oxygen atoms in total. The number of benzene rings is 1. The molecule has 2 aliphatic rings. The van der Waals surface area contributed by atoms with Gasteiger partial charge in [0.15, 0.2) is 5.69 Å². The first-order valence-electron chi connectivity index (χ1n) is 8.80. The van der Waals surface area contributed by atoms with Gasteiger partial charge in [0.2, 0.25) is 0 Å². The number of aromatic nitrogens is 2. The molecule has 0 saturated heterocycles. The summed E-state index contributed by atoms with van der Waals surface area (Å²) in [7, 11) is 0. The fraction of sp³-hybridized carbons (Fsp3) is 0.474. The molecule has 1 aromatic heterocycles. The highest BCUT2D eigenvalue weighted by atomic mass is 32.2. The van der Waals surface area contributed by atoms with Gasteiger partial charge in [-0.05, 0) is 25.8 Å². The van der Waals surface area contributed by atoms with Crippen molar-refractivity contribution in [1.82, 2.24) is 9.78 Å². The van der Waals surface area contributed by atoms with Crippen molar-refractivity contribution in [3.63, 3.8) is 0 Å². The van der Waals surface area contributed by atoms with E-state index >= 15 is 0 Å². The topological polar surface area (TPSA) is 44.1 Å². The molecule has 126 valence electrons. The second-order valence-electron chi connectivity index (χ2n) is 6.42. The Morgan fingerprint density at radius 2 is 2.08 bits per heavy atom. The molecule has 0 amide bonds. The maximum Gasteiger partial charge on any atom is 0.359 e. The van der Waals surface area contributed by atoms with Gasteiger partial charge in [0.25, 0.3) is 0 Å². The highest BCUT2D eigenvalue weighted by molar-refractivity contribution is 7.98. The lowest BCUT2D eigenvalue weighted by Crippen LogP contribution is -2.16. The van der Waals surface area contributed by atoms with Crippen LogP contribution in [0.2, 0.25) is 0 Å². The highest BCUT2D eigenvalue weighted by Crippen LogP contribution is 2.45. The largest absolute Gasteiger partial charge is 0.461 e. The van der Waals surface area contributed by atoms with Crippen LogP contribution in [0.25, 0.3) is 11.3 Å². The normalized spacial score (nSPS) is 17.2. The van der Waals surface area contributed by atoms with Gasteiger partial charge in [-0.25, -0.2) is 4.79 Å². The van der Waals surface area contributed by atoms with Gasteiger partial charge in [0, 0.05) is 21.8 Å². The average Bonchev–Trinajstić information content (AvgIpc) is 3.03. The first kappa shape index (κ1) is 15.8. The van der Waals surface area contributed by atoms with E-state index in [2.05, 4.69) is 28.9 Å². The molecule has 0 radical (unpaired) electrons. The summed E-state index contributed by atoms with van der Waals surface area (Å²) in [6, 6.07) is 8.84. The Bertz CT molecular complexity index is 763. The molecule has 2 aromatic rings.